The molecule has 53 heavy (non-hydrogen) atoms. The first-order valence-electron chi connectivity index (χ1n) is 21.6. The van der Waals surface area contributed by atoms with Gasteiger partial charge in [0.1, 0.15) is 12.7 Å². The van der Waals surface area contributed by atoms with E-state index in [1.807, 2.05) is 0 Å². The Morgan fingerprint density at radius 1 is 0.547 bits per heavy atom. The van der Waals surface area contributed by atoms with E-state index in [2.05, 4.69) is 30.5 Å². The quantitative estimate of drug-likeness (QED) is 0.0237. The summed E-state index contributed by atoms with van der Waals surface area (Å²) >= 11 is 0. The Bertz CT molecular complexity index is 899. The lowest BCUT2D eigenvalue weighted by Crippen LogP contribution is -2.29. The van der Waals surface area contributed by atoms with Crippen molar-refractivity contribution in [3.63, 3.8) is 0 Å². The highest BCUT2D eigenvalue weighted by Crippen LogP contribution is 2.43. The third kappa shape index (κ3) is 38.8. The van der Waals surface area contributed by atoms with Crippen molar-refractivity contribution in [2.24, 2.45) is 0 Å². The summed E-state index contributed by atoms with van der Waals surface area (Å²) in [5, 5.41) is 18.3. The van der Waals surface area contributed by atoms with E-state index >= 15 is 0 Å². The molecule has 0 aliphatic carbocycles. The molecule has 10 nitrogen and oxygen atoms in total. The molecule has 0 aromatic rings. The van der Waals surface area contributed by atoms with Gasteiger partial charge in [-0.25, -0.2) is 4.57 Å². The zero-order valence-corrected chi connectivity index (χ0v) is 34.9. The highest BCUT2D eigenvalue weighted by Gasteiger charge is 2.27. The number of rotatable bonds is 41. The predicted octanol–water partition coefficient (Wildman–Crippen LogP) is 11.2. The normalized spacial score (nSPS) is 14.0. The molecule has 0 heterocycles. The highest BCUT2D eigenvalue weighted by molar-refractivity contribution is 7.47. The van der Waals surface area contributed by atoms with Crippen molar-refractivity contribution in [2.75, 3.05) is 26.4 Å². The van der Waals surface area contributed by atoms with Crippen LogP contribution < -0.4 is 0 Å². The molecule has 0 aromatic heterocycles. The zero-order chi connectivity index (χ0) is 39.1. The number of carbonyl (C=O) groups excluding carboxylic acids is 2. The number of carbonyl (C=O) groups is 2. The average molecular weight is 777 g/mol. The van der Waals surface area contributed by atoms with Crippen LogP contribution in [0.15, 0.2) is 12.2 Å². The van der Waals surface area contributed by atoms with Gasteiger partial charge in [0.15, 0.2) is 6.10 Å². The van der Waals surface area contributed by atoms with Gasteiger partial charge >= 0.3 is 19.8 Å². The Morgan fingerprint density at radius 3 is 1.36 bits per heavy atom. The highest BCUT2D eigenvalue weighted by atomic mass is 31.2. The second kappa shape index (κ2) is 39.0. The fourth-order valence-electron chi connectivity index (χ4n) is 6.05. The van der Waals surface area contributed by atoms with E-state index in [1.54, 1.807) is 0 Å². The van der Waals surface area contributed by atoms with Crippen LogP contribution in [0.4, 0.5) is 0 Å². The number of aliphatic hydroxyl groups excluding tert-OH is 2. The second-order valence-electron chi connectivity index (χ2n) is 14.7. The van der Waals surface area contributed by atoms with Crippen LogP contribution in [0.2, 0.25) is 0 Å². The number of hydrogen-bond acceptors (Lipinski definition) is 9. The molecular weight excluding hydrogens is 695 g/mol. The number of ether oxygens (including phenoxy) is 2. The SMILES string of the molecule is CCCCCCCC/C=C\CCCCCCCCCC(=O)OC(COC(=O)CCCCCCCCCCCCCCC)COP(=O)(O)OCC(O)CO. The molecular formula is C42H81O10P. The molecule has 0 spiro atoms. The third-order valence-corrected chi connectivity index (χ3v) is 10.4. The fourth-order valence-corrected chi connectivity index (χ4v) is 6.84. The number of aliphatic hydroxyl groups is 2. The standard InChI is InChI=1S/C42H81O10P/c1-3-5-7-9-11-13-15-17-18-19-20-22-24-26-28-30-32-34-42(46)52-40(38-51-53(47,48)50-36-39(44)35-43)37-49-41(45)33-31-29-27-25-23-21-16-14-12-10-8-6-4-2/h17-18,39-40,43-44H,3-16,19-38H2,1-2H3,(H,47,48)/b18-17-. The van der Waals surface area contributed by atoms with Crippen LogP contribution in [-0.4, -0.2) is 65.7 Å². The van der Waals surface area contributed by atoms with E-state index in [0.29, 0.717) is 12.8 Å². The van der Waals surface area contributed by atoms with E-state index in [0.717, 1.165) is 44.9 Å². The van der Waals surface area contributed by atoms with Crippen LogP contribution in [0.5, 0.6) is 0 Å². The average Bonchev–Trinajstić information content (AvgIpc) is 3.14. The topological polar surface area (TPSA) is 149 Å². The Hall–Kier alpha value is -1.29. The van der Waals surface area contributed by atoms with Crippen molar-refractivity contribution in [2.45, 2.75) is 219 Å². The summed E-state index contributed by atoms with van der Waals surface area (Å²) < 4.78 is 32.7. The zero-order valence-electron chi connectivity index (χ0n) is 34.0. The summed E-state index contributed by atoms with van der Waals surface area (Å²) in [7, 11) is -4.61. The molecule has 0 saturated heterocycles. The third-order valence-electron chi connectivity index (χ3n) is 9.42. The fraction of sp³-hybridized carbons (Fsp3) is 0.905. The van der Waals surface area contributed by atoms with E-state index in [4.69, 9.17) is 19.1 Å². The lowest BCUT2D eigenvalue weighted by molar-refractivity contribution is -0.161. The lowest BCUT2D eigenvalue weighted by Gasteiger charge is -2.20. The van der Waals surface area contributed by atoms with Crippen LogP contribution in [0.25, 0.3) is 0 Å². The first-order valence-corrected chi connectivity index (χ1v) is 23.1. The van der Waals surface area contributed by atoms with Gasteiger partial charge in [0.05, 0.1) is 19.8 Å². The Kier molecular flexibility index (Phi) is 38.0. The summed E-state index contributed by atoms with van der Waals surface area (Å²) in [6.07, 6.45) is 36.0. The molecule has 3 atom stereocenters. The van der Waals surface area contributed by atoms with Crippen LogP contribution in [0.3, 0.4) is 0 Å². The minimum absolute atomic E-state index is 0.183. The Labute approximate surface area is 324 Å². The van der Waals surface area contributed by atoms with Gasteiger partial charge in [-0.1, -0.05) is 167 Å². The van der Waals surface area contributed by atoms with Crippen LogP contribution >= 0.6 is 7.82 Å². The number of phosphoric acid groups is 1. The van der Waals surface area contributed by atoms with Crippen molar-refractivity contribution < 1.29 is 47.8 Å². The van der Waals surface area contributed by atoms with Crippen molar-refractivity contribution in [3.8, 4) is 0 Å². The number of esters is 2. The van der Waals surface area contributed by atoms with Crippen LogP contribution in [-0.2, 0) is 32.7 Å². The van der Waals surface area contributed by atoms with Gasteiger partial charge in [-0.05, 0) is 38.5 Å². The van der Waals surface area contributed by atoms with E-state index < -0.39 is 51.8 Å². The smallest absolute Gasteiger partial charge is 0.462 e. The number of phosphoric ester groups is 1. The molecule has 0 fully saturated rings. The minimum Gasteiger partial charge on any atom is -0.462 e. The summed E-state index contributed by atoms with van der Waals surface area (Å²) in [6.45, 7) is 2.39. The van der Waals surface area contributed by atoms with Crippen molar-refractivity contribution in [1.29, 1.82) is 0 Å². The number of unbranched alkanes of at least 4 members (excludes halogenated alkanes) is 25. The maximum absolute atomic E-state index is 12.6. The molecule has 0 aromatic carbocycles. The molecule has 3 N–H and O–H groups in total. The summed E-state index contributed by atoms with van der Waals surface area (Å²) in [4.78, 5) is 34.9. The molecule has 0 bridgehead atoms. The predicted molar refractivity (Wildman–Crippen MR) is 215 cm³/mol. The number of hydrogen-bond donors (Lipinski definition) is 3. The van der Waals surface area contributed by atoms with Gasteiger partial charge in [-0.2, -0.15) is 0 Å². The molecule has 0 aliphatic heterocycles. The van der Waals surface area contributed by atoms with Gasteiger partial charge < -0.3 is 24.6 Å². The monoisotopic (exact) mass is 777 g/mol. The van der Waals surface area contributed by atoms with Crippen molar-refractivity contribution in [1.82, 2.24) is 0 Å². The summed E-state index contributed by atoms with van der Waals surface area (Å²) in [5.41, 5.74) is 0. The van der Waals surface area contributed by atoms with Gasteiger partial charge in [-0.15, -0.1) is 0 Å². The first-order chi connectivity index (χ1) is 25.7. The maximum Gasteiger partial charge on any atom is 0.472 e. The molecule has 3 unspecified atom stereocenters. The summed E-state index contributed by atoms with van der Waals surface area (Å²) in [6, 6.07) is 0. The molecule has 11 heteroatoms. The van der Waals surface area contributed by atoms with E-state index in [9.17, 15) is 24.2 Å². The molecule has 0 rings (SSSR count). The lowest BCUT2D eigenvalue weighted by atomic mass is 10.0. The number of allylic oxidation sites excluding steroid dienone is 2. The largest absolute Gasteiger partial charge is 0.472 e. The van der Waals surface area contributed by atoms with Gasteiger partial charge in [-0.3, -0.25) is 18.6 Å². The minimum atomic E-state index is -4.61. The molecule has 0 saturated carbocycles. The van der Waals surface area contributed by atoms with Gasteiger partial charge in [0, 0.05) is 12.8 Å². The molecule has 0 radical (unpaired) electrons. The first kappa shape index (κ1) is 51.7. The molecule has 0 amide bonds. The Morgan fingerprint density at radius 2 is 0.925 bits per heavy atom. The molecule has 314 valence electrons. The maximum atomic E-state index is 12.6. The van der Waals surface area contributed by atoms with Crippen molar-refractivity contribution in [3.05, 3.63) is 12.2 Å². The second-order valence-corrected chi connectivity index (χ2v) is 16.2. The molecule has 0 aliphatic rings. The van der Waals surface area contributed by atoms with Crippen LogP contribution in [0, 0.1) is 0 Å². The van der Waals surface area contributed by atoms with Gasteiger partial charge in [0.2, 0.25) is 0 Å². The van der Waals surface area contributed by atoms with Gasteiger partial charge in [0.25, 0.3) is 0 Å². The van der Waals surface area contributed by atoms with E-state index in [-0.39, 0.29) is 19.4 Å². The van der Waals surface area contributed by atoms with E-state index in [1.165, 1.54) is 122 Å². The van der Waals surface area contributed by atoms with Crippen molar-refractivity contribution >= 4 is 19.8 Å². The Balaban J connectivity index is 4.27. The summed E-state index contributed by atoms with van der Waals surface area (Å²) in [5.74, 6) is -0.920. The van der Waals surface area contributed by atoms with Crippen LogP contribution in [0.1, 0.15) is 206 Å².